The monoisotopic (exact) mass is 274 g/mol. The van der Waals surface area contributed by atoms with E-state index in [1.807, 2.05) is 31.2 Å². The maximum Gasteiger partial charge on any atom is 0.220 e. The Hall–Kier alpha value is -2.37. The van der Waals surface area contributed by atoms with Gasteiger partial charge in [-0.1, -0.05) is 24.2 Å². The number of aromatic nitrogens is 2. The number of carbonyl (C=O) groups is 1. The van der Waals surface area contributed by atoms with Crippen molar-refractivity contribution in [3.63, 3.8) is 0 Å². The van der Waals surface area contributed by atoms with Crippen LogP contribution in [0.15, 0.2) is 35.2 Å². The summed E-state index contributed by atoms with van der Waals surface area (Å²) in [5.74, 6) is 0.760. The maximum atomic E-state index is 11.8. The summed E-state index contributed by atoms with van der Waals surface area (Å²) in [6.45, 7) is 2.52. The van der Waals surface area contributed by atoms with E-state index in [1.165, 1.54) is 6.39 Å². The molecule has 0 spiro atoms. The third-order valence-corrected chi connectivity index (χ3v) is 3.07. The first-order valence-electron chi connectivity index (χ1n) is 6.52. The van der Waals surface area contributed by atoms with Crippen LogP contribution in [0, 0.1) is 0 Å². The van der Waals surface area contributed by atoms with Gasteiger partial charge in [0, 0.05) is 25.1 Å². The second-order valence-corrected chi connectivity index (χ2v) is 4.72. The highest BCUT2D eigenvalue weighted by Crippen LogP contribution is 2.19. The number of nitrogens with two attached hydrogens (primary N) is 1. The zero-order valence-corrected chi connectivity index (χ0v) is 11.4. The second kappa shape index (κ2) is 6.70. The Labute approximate surface area is 117 Å². The van der Waals surface area contributed by atoms with Crippen molar-refractivity contribution in [1.82, 2.24) is 15.5 Å². The molecule has 0 radical (unpaired) electrons. The van der Waals surface area contributed by atoms with E-state index in [0.717, 1.165) is 11.3 Å². The fraction of sp³-hybridized carbons (Fsp3) is 0.357. The predicted octanol–water partition coefficient (Wildman–Crippen LogP) is 1.50. The molecule has 6 heteroatoms. The van der Waals surface area contributed by atoms with Crippen molar-refractivity contribution in [3.05, 3.63) is 42.0 Å². The average Bonchev–Trinajstić information content (AvgIpc) is 2.92. The first-order valence-corrected chi connectivity index (χ1v) is 6.52. The van der Waals surface area contributed by atoms with Crippen molar-refractivity contribution >= 4 is 11.6 Å². The summed E-state index contributed by atoms with van der Waals surface area (Å²) in [5, 5.41) is 6.53. The lowest BCUT2D eigenvalue weighted by atomic mass is 9.97. The molecule has 2 rings (SSSR count). The van der Waals surface area contributed by atoms with Gasteiger partial charge in [0.05, 0.1) is 0 Å². The van der Waals surface area contributed by atoms with Crippen molar-refractivity contribution in [2.75, 3.05) is 12.3 Å². The lowest BCUT2D eigenvalue weighted by Crippen LogP contribution is -2.26. The molecule has 0 aliphatic rings. The van der Waals surface area contributed by atoms with E-state index in [0.29, 0.717) is 25.2 Å². The van der Waals surface area contributed by atoms with Gasteiger partial charge in [-0.2, -0.15) is 4.98 Å². The van der Waals surface area contributed by atoms with Crippen LogP contribution in [0.2, 0.25) is 0 Å². The molecule has 1 atom stereocenters. The van der Waals surface area contributed by atoms with Crippen LogP contribution in [0.5, 0.6) is 0 Å². The number of hydrogen-bond acceptors (Lipinski definition) is 5. The van der Waals surface area contributed by atoms with Crippen LogP contribution in [0.25, 0.3) is 0 Å². The Morgan fingerprint density at radius 3 is 2.80 bits per heavy atom. The smallest absolute Gasteiger partial charge is 0.220 e. The molecule has 0 saturated heterocycles. The van der Waals surface area contributed by atoms with Crippen molar-refractivity contribution in [1.29, 1.82) is 0 Å². The first kappa shape index (κ1) is 14.0. The zero-order chi connectivity index (χ0) is 14.4. The summed E-state index contributed by atoms with van der Waals surface area (Å²) in [6.07, 6.45) is 2.29. The van der Waals surface area contributed by atoms with Gasteiger partial charge in [-0.25, -0.2) is 0 Å². The van der Waals surface area contributed by atoms with Gasteiger partial charge in [-0.15, -0.1) is 0 Å². The molecule has 1 unspecified atom stereocenters. The minimum Gasteiger partial charge on any atom is -0.399 e. The average molecular weight is 274 g/mol. The molecule has 0 fully saturated rings. The summed E-state index contributed by atoms with van der Waals surface area (Å²) in [7, 11) is 0. The molecule has 2 aromatic rings. The molecular formula is C14H18N4O2. The number of hydrogen-bond donors (Lipinski definition) is 2. The molecule has 3 N–H and O–H groups in total. The van der Waals surface area contributed by atoms with Gasteiger partial charge in [0.25, 0.3) is 0 Å². The Kier molecular flexibility index (Phi) is 4.70. The standard InChI is InChI=1S/C14H18N4O2/c1-10(11-2-4-12(15)5-3-11)8-14(19)16-7-6-13-17-9-20-18-13/h2-5,9-10H,6-8,15H2,1H3,(H,16,19). The van der Waals surface area contributed by atoms with Crippen molar-refractivity contribution < 1.29 is 9.32 Å². The minimum absolute atomic E-state index is 0.0119. The molecule has 106 valence electrons. The maximum absolute atomic E-state index is 11.8. The highest BCUT2D eigenvalue weighted by molar-refractivity contribution is 5.76. The number of amides is 1. The summed E-state index contributed by atoms with van der Waals surface area (Å²) >= 11 is 0. The molecule has 6 nitrogen and oxygen atoms in total. The fourth-order valence-corrected chi connectivity index (χ4v) is 1.91. The Bertz CT molecular complexity index is 537. The molecular weight excluding hydrogens is 256 g/mol. The van der Waals surface area contributed by atoms with E-state index in [1.54, 1.807) is 0 Å². The number of anilines is 1. The Morgan fingerprint density at radius 2 is 2.15 bits per heavy atom. The molecule has 0 aliphatic heterocycles. The lowest BCUT2D eigenvalue weighted by molar-refractivity contribution is -0.121. The van der Waals surface area contributed by atoms with Gasteiger partial charge in [-0.05, 0) is 23.6 Å². The quantitative estimate of drug-likeness (QED) is 0.778. The molecule has 1 amide bonds. The third kappa shape index (κ3) is 4.08. The molecule has 1 aromatic carbocycles. The number of nitrogen functional groups attached to an aromatic ring is 1. The topological polar surface area (TPSA) is 94.0 Å². The van der Waals surface area contributed by atoms with Crippen LogP contribution in [-0.4, -0.2) is 22.6 Å². The number of benzene rings is 1. The number of carbonyl (C=O) groups excluding carboxylic acids is 1. The summed E-state index contributed by atoms with van der Waals surface area (Å²) < 4.78 is 4.62. The van der Waals surface area contributed by atoms with Gasteiger partial charge < -0.3 is 15.6 Å². The summed E-state index contributed by atoms with van der Waals surface area (Å²) in [6, 6.07) is 7.60. The van der Waals surface area contributed by atoms with Crippen LogP contribution < -0.4 is 11.1 Å². The normalized spacial score (nSPS) is 12.1. The van der Waals surface area contributed by atoms with Crippen molar-refractivity contribution in [2.24, 2.45) is 0 Å². The van der Waals surface area contributed by atoms with Gasteiger partial charge in [0.1, 0.15) is 0 Å². The van der Waals surface area contributed by atoms with Crippen LogP contribution in [-0.2, 0) is 11.2 Å². The molecule has 1 heterocycles. The van der Waals surface area contributed by atoms with Gasteiger partial charge in [0.15, 0.2) is 5.82 Å². The summed E-state index contributed by atoms with van der Waals surface area (Å²) in [5.41, 5.74) is 7.47. The van der Waals surface area contributed by atoms with Crippen molar-refractivity contribution in [2.45, 2.75) is 25.7 Å². The number of nitrogens with zero attached hydrogens (tertiary/aromatic N) is 2. The SMILES string of the molecule is CC(CC(=O)NCCc1ncon1)c1ccc(N)cc1. The summed E-state index contributed by atoms with van der Waals surface area (Å²) in [4.78, 5) is 15.7. The van der Waals surface area contributed by atoms with Gasteiger partial charge in [0.2, 0.25) is 12.3 Å². The van der Waals surface area contributed by atoms with E-state index < -0.39 is 0 Å². The lowest BCUT2D eigenvalue weighted by Gasteiger charge is -2.12. The van der Waals surface area contributed by atoms with Gasteiger partial charge >= 0.3 is 0 Å². The Morgan fingerprint density at radius 1 is 1.40 bits per heavy atom. The van der Waals surface area contributed by atoms with E-state index >= 15 is 0 Å². The molecule has 0 aliphatic carbocycles. The zero-order valence-electron chi connectivity index (χ0n) is 11.4. The largest absolute Gasteiger partial charge is 0.399 e. The van der Waals surface area contributed by atoms with E-state index in [4.69, 9.17) is 5.73 Å². The molecule has 0 bridgehead atoms. The van der Waals surface area contributed by atoms with Crippen LogP contribution in [0.4, 0.5) is 5.69 Å². The predicted molar refractivity (Wildman–Crippen MR) is 74.9 cm³/mol. The van der Waals surface area contributed by atoms with Crippen LogP contribution in [0.3, 0.4) is 0 Å². The molecule has 0 saturated carbocycles. The third-order valence-electron chi connectivity index (χ3n) is 3.07. The van der Waals surface area contributed by atoms with Gasteiger partial charge in [-0.3, -0.25) is 4.79 Å². The first-order chi connectivity index (χ1) is 9.65. The second-order valence-electron chi connectivity index (χ2n) is 4.72. The number of rotatable bonds is 6. The fourth-order valence-electron chi connectivity index (χ4n) is 1.91. The van der Waals surface area contributed by atoms with E-state index in [9.17, 15) is 4.79 Å². The van der Waals surface area contributed by atoms with Crippen LogP contribution >= 0.6 is 0 Å². The van der Waals surface area contributed by atoms with Crippen molar-refractivity contribution in [3.8, 4) is 0 Å². The molecule has 1 aromatic heterocycles. The van der Waals surface area contributed by atoms with E-state index in [-0.39, 0.29) is 11.8 Å². The number of nitrogens with one attached hydrogen (secondary N) is 1. The minimum atomic E-state index is 0.0119. The van der Waals surface area contributed by atoms with E-state index in [2.05, 4.69) is 20.0 Å². The Balaban J connectivity index is 1.74. The highest BCUT2D eigenvalue weighted by Gasteiger charge is 2.11. The van der Waals surface area contributed by atoms with Crippen LogP contribution in [0.1, 0.15) is 30.7 Å². The highest BCUT2D eigenvalue weighted by atomic mass is 16.5. The molecule has 20 heavy (non-hydrogen) atoms.